The Balaban J connectivity index is 2.10. The maximum Gasteiger partial charge on any atom is 0.408 e. The van der Waals surface area contributed by atoms with Gasteiger partial charge in [0.1, 0.15) is 18.7 Å². The number of carbonyl (C=O) groups is 4. The molecule has 0 radical (unpaired) electrons. The fourth-order valence-corrected chi connectivity index (χ4v) is 3.46. The number of carbonyl (C=O) groups excluding carboxylic acids is 4. The average molecular weight is 497 g/mol. The Labute approximate surface area is 212 Å². The highest BCUT2D eigenvalue weighted by Gasteiger charge is 2.32. The van der Waals surface area contributed by atoms with Crippen molar-refractivity contribution in [2.75, 3.05) is 6.61 Å². The minimum Gasteiger partial charge on any atom is -0.460 e. The number of hydrogen-bond donors (Lipinski definition) is 2. The molecular formula is C28H36N2O6. The van der Waals surface area contributed by atoms with E-state index in [0.717, 1.165) is 17.5 Å². The van der Waals surface area contributed by atoms with Crippen molar-refractivity contribution in [2.45, 2.75) is 65.1 Å². The van der Waals surface area contributed by atoms with E-state index in [0.29, 0.717) is 12.8 Å². The van der Waals surface area contributed by atoms with Crippen LogP contribution in [0.15, 0.2) is 60.7 Å². The molecule has 0 aliphatic heterocycles. The summed E-state index contributed by atoms with van der Waals surface area (Å²) < 4.78 is 10.3. The molecule has 2 aromatic carbocycles. The number of rotatable bonds is 14. The molecule has 194 valence electrons. The summed E-state index contributed by atoms with van der Waals surface area (Å²) in [5.74, 6) is -2.33. The normalized spacial score (nSPS) is 12.3. The quantitative estimate of drug-likeness (QED) is 0.233. The third-order valence-corrected chi connectivity index (χ3v) is 5.38. The van der Waals surface area contributed by atoms with Crippen LogP contribution in [-0.2, 0) is 36.9 Å². The summed E-state index contributed by atoms with van der Waals surface area (Å²) in [5, 5.41) is 5.26. The number of benzene rings is 2. The first-order valence-electron chi connectivity index (χ1n) is 12.3. The van der Waals surface area contributed by atoms with E-state index in [1.807, 2.05) is 69.3 Å². The Kier molecular flexibility index (Phi) is 12.2. The van der Waals surface area contributed by atoms with Crippen LogP contribution in [0.5, 0.6) is 0 Å². The molecule has 0 aromatic heterocycles. The van der Waals surface area contributed by atoms with Crippen LogP contribution in [0.25, 0.3) is 0 Å². The third-order valence-electron chi connectivity index (χ3n) is 5.38. The molecule has 0 aliphatic rings. The standard InChI is InChI=1S/C28H36N2O6/c1-4-5-16-35-27(33)25(31)23(18-21-12-8-6-9-13-21)29-26(32)24(17-20(2)3)30-28(34)36-19-22-14-10-7-11-15-22/h6-15,20,23-24H,4-5,16-19H2,1-3H3,(H,29,32)(H,30,34)/t23-,24-/m0/s1. The second kappa shape index (κ2) is 15.3. The topological polar surface area (TPSA) is 111 Å². The van der Waals surface area contributed by atoms with Gasteiger partial charge in [0.15, 0.2) is 0 Å². The van der Waals surface area contributed by atoms with Crippen LogP contribution in [0.2, 0.25) is 0 Å². The van der Waals surface area contributed by atoms with Gasteiger partial charge in [0.05, 0.1) is 6.61 Å². The summed E-state index contributed by atoms with van der Waals surface area (Å²) in [6, 6.07) is 16.2. The Morgan fingerprint density at radius 1 is 0.806 bits per heavy atom. The highest BCUT2D eigenvalue weighted by Crippen LogP contribution is 2.10. The number of ketones is 1. The van der Waals surface area contributed by atoms with Crippen molar-refractivity contribution >= 4 is 23.8 Å². The van der Waals surface area contributed by atoms with Crippen molar-refractivity contribution in [3.05, 3.63) is 71.8 Å². The molecule has 0 heterocycles. The van der Waals surface area contributed by atoms with E-state index in [4.69, 9.17) is 9.47 Å². The Hall–Kier alpha value is -3.68. The molecule has 0 unspecified atom stereocenters. The number of hydrogen-bond acceptors (Lipinski definition) is 6. The highest BCUT2D eigenvalue weighted by atomic mass is 16.5. The summed E-state index contributed by atoms with van der Waals surface area (Å²) in [6.45, 7) is 5.96. The van der Waals surface area contributed by atoms with Gasteiger partial charge in [-0.05, 0) is 29.9 Å². The van der Waals surface area contributed by atoms with Crippen LogP contribution >= 0.6 is 0 Å². The lowest BCUT2D eigenvalue weighted by molar-refractivity contribution is -0.155. The second-order valence-corrected chi connectivity index (χ2v) is 8.99. The summed E-state index contributed by atoms with van der Waals surface area (Å²) in [6.07, 6.45) is 1.14. The molecule has 0 saturated heterocycles. The third kappa shape index (κ3) is 10.3. The SMILES string of the molecule is CCCCOC(=O)C(=O)[C@H](Cc1ccccc1)NC(=O)[C@H](CC(C)C)NC(=O)OCc1ccccc1. The number of nitrogens with one attached hydrogen (secondary N) is 2. The van der Waals surface area contributed by atoms with Crippen molar-refractivity contribution < 1.29 is 28.7 Å². The summed E-state index contributed by atoms with van der Waals surface area (Å²) in [7, 11) is 0. The fourth-order valence-electron chi connectivity index (χ4n) is 3.46. The lowest BCUT2D eigenvalue weighted by Gasteiger charge is -2.23. The van der Waals surface area contributed by atoms with Crippen LogP contribution < -0.4 is 10.6 Å². The molecule has 0 bridgehead atoms. The van der Waals surface area contributed by atoms with Gasteiger partial charge in [-0.15, -0.1) is 0 Å². The Bertz CT molecular complexity index is 978. The first-order valence-corrected chi connectivity index (χ1v) is 12.3. The van der Waals surface area contributed by atoms with Crippen LogP contribution in [0.4, 0.5) is 4.79 Å². The van der Waals surface area contributed by atoms with Gasteiger partial charge in [0.25, 0.3) is 5.78 Å². The lowest BCUT2D eigenvalue weighted by atomic mass is 9.99. The Morgan fingerprint density at radius 3 is 2.00 bits per heavy atom. The van der Waals surface area contributed by atoms with E-state index in [9.17, 15) is 19.2 Å². The predicted molar refractivity (Wildman–Crippen MR) is 136 cm³/mol. The minimum atomic E-state index is -1.13. The van der Waals surface area contributed by atoms with Gasteiger partial charge in [-0.3, -0.25) is 9.59 Å². The molecule has 8 nitrogen and oxygen atoms in total. The maximum atomic E-state index is 13.2. The molecule has 2 rings (SSSR count). The molecule has 2 aromatic rings. The number of ether oxygens (including phenoxy) is 2. The predicted octanol–water partition coefficient (Wildman–Crippen LogP) is 3.97. The van der Waals surface area contributed by atoms with Crippen LogP contribution in [0.3, 0.4) is 0 Å². The molecular weight excluding hydrogens is 460 g/mol. The molecule has 8 heteroatoms. The van der Waals surface area contributed by atoms with Crippen molar-refractivity contribution in [1.82, 2.24) is 10.6 Å². The molecule has 0 saturated carbocycles. The molecule has 36 heavy (non-hydrogen) atoms. The first-order chi connectivity index (χ1) is 17.3. The second-order valence-electron chi connectivity index (χ2n) is 8.99. The van der Waals surface area contributed by atoms with Crippen molar-refractivity contribution in [2.24, 2.45) is 5.92 Å². The number of esters is 1. The van der Waals surface area contributed by atoms with E-state index in [2.05, 4.69) is 10.6 Å². The van der Waals surface area contributed by atoms with Gasteiger partial charge in [0, 0.05) is 6.42 Å². The molecule has 0 spiro atoms. The van der Waals surface area contributed by atoms with E-state index >= 15 is 0 Å². The number of unbranched alkanes of at least 4 members (excludes halogenated alkanes) is 1. The summed E-state index contributed by atoms with van der Waals surface area (Å²) in [5.41, 5.74) is 1.58. The van der Waals surface area contributed by atoms with Gasteiger partial charge in [0.2, 0.25) is 5.91 Å². The molecule has 2 amide bonds. The lowest BCUT2D eigenvalue weighted by Crippen LogP contribution is -2.54. The fraction of sp³-hybridized carbons (Fsp3) is 0.429. The first kappa shape index (κ1) is 28.6. The van der Waals surface area contributed by atoms with Gasteiger partial charge in [-0.1, -0.05) is 87.9 Å². The zero-order chi connectivity index (χ0) is 26.3. The van der Waals surface area contributed by atoms with Gasteiger partial charge >= 0.3 is 12.1 Å². The summed E-state index contributed by atoms with van der Waals surface area (Å²) >= 11 is 0. The highest BCUT2D eigenvalue weighted by molar-refractivity contribution is 6.36. The average Bonchev–Trinajstić information content (AvgIpc) is 2.87. The van der Waals surface area contributed by atoms with Crippen LogP contribution in [0.1, 0.15) is 51.2 Å². The minimum absolute atomic E-state index is 0.0570. The number of alkyl carbamates (subject to hydrolysis) is 1. The molecule has 2 atom stereocenters. The van der Waals surface area contributed by atoms with Crippen LogP contribution in [0, 0.1) is 5.92 Å². The van der Waals surface area contributed by atoms with Crippen LogP contribution in [-0.4, -0.2) is 42.4 Å². The molecule has 0 aliphatic carbocycles. The Morgan fingerprint density at radius 2 is 1.42 bits per heavy atom. The van der Waals surface area contributed by atoms with E-state index in [1.54, 1.807) is 12.1 Å². The van der Waals surface area contributed by atoms with Gasteiger partial charge < -0.3 is 20.1 Å². The monoisotopic (exact) mass is 496 g/mol. The van der Waals surface area contributed by atoms with Crippen molar-refractivity contribution in [3.63, 3.8) is 0 Å². The van der Waals surface area contributed by atoms with E-state index < -0.39 is 35.8 Å². The smallest absolute Gasteiger partial charge is 0.408 e. The molecule has 0 fully saturated rings. The van der Waals surface area contributed by atoms with Crippen molar-refractivity contribution in [3.8, 4) is 0 Å². The zero-order valence-corrected chi connectivity index (χ0v) is 21.2. The van der Waals surface area contributed by atoms with Gasteiger partial charge in [-0.25, -0.2) is 9.59 Å². The summed E-state index contributed by atoms with van der Waals surface area (Å²) in [4.78, 5) is 50.9. The van der Waals surface area contributed by atoms with E-state index in [1.165, 1.54) is 0 Å². The number of amides is 2. The van der Waals surface area contributed by atoms with E-state index in [-0.39, 0.29) is 25.6 Å². The molecule has 2 N–H and O–H groups in total. The maximum absolute atomic E-state index is 13.2. The largest absolute Gasteiger partial charge is 0.460 e. The zero-order valence-electron chi connectivity index (χ0n) is 21.2. The van der Waals surface area contributed by atoms with Gasteiger partial charge in [-0.2, -0.15) is 0 Å². The number of Topliss-reactive ketones (excluding diaryl/α,β-unsaturated/α-hetero) is 1. The van der Waals surface area contributed by atoms with Crippen molar-refractivity contribution in [1.29, 1.82) is 0 Å².